The van der Waals surface area contributed by atoms with Crippen LogP contribution in [0.15, 0.2) is 122 Å². The molecule has 1 unspecified atom stereocenters. The highest BCUT2D eigenvalue weighted by Gasteiger charge is 2.52. The predicted octanol–water partition coefficient (Wildman–Crippen LogP) is 7.76. The van der Waals surface area contributed by atoms with E-state index in [0.29, 0.717) is 39.8 Å². The molecule has 0 saturated heterocycles. The van der Waals surface area contributed by atoms with Gasteiger partial charge in [-0.05, 0) is 30.3 Å². The van der Waals surface area contributed by atoms with E-state index in [1.807, 2.05) is 63.2 Å². The summed E-state index contributed by atoms with van der Waals surface area (Å²) in [7, 11) is 0. The van der Waals surface area contributed by atoms with E-state index in [1.54, 1.807) is 4.90 Å². The molecule has 1 atom stereocenters. The number of pyridine rings is 4. The van der Waals surface area contributed by atoms with Crippen LogP contribution in [0.3, 0.4) is 0 Å². The Balaban J connectivity index is 1.46. The Hall–Kier alpha value is -6.04. The zero-order valence-corrected chi connectivity index (χ0v) is 23.8. The van der Waals surface area contributed by atoms with Crippen LogP contribution in [0.1, 0.15) is 0 Å². The Morgan fingerprint density at radius 1 is 0.413 bits per heavy atom. The average molecular weight is 619 g/mol. The van der Waals surface area contributed by atoms with Gasteiger partial charge in [0.2, 0.25) is 0 Å². The number of nitrogens with zero attached hydrogens (tertiary/aromatic N) is 8. The van der Waals surface area contributed by atoms with Gasteiger partial charge < -0.3 is 19.6 Å². The number of rotatable bonds is 5. The van der Waals surface area contributed by atoms with Crippen molar-refractivity contribution >= 4 is 45.5 Å². The van der Waals surface area contributed by atoms with Crippen LogP contribution >= 0.6 is 0 Å². The minimum absolute atomic E-state index is 0.136. The van der Waals surface area contributed by atoms with Crippen molar-refractivity contribution in [1.82, 2.24) is 19.9 Å². The van der Waals surface area contributed by atoms with Gasteiger partial charge in [-0.2, -0.15) is 0 Å². The molecular formula is C34H22F4N8. The molecule has 0 bridgehead atoms. The maximum atomic E-state index is 15.9. The predicted molar refractivity (Wildman–Crippen MR) is 166 cm³/mol. The molecule has 12 heteroatoms. The lowest BCUT2D eigenvalue weighted by molar-refractivity contribution is 0.534. The molecule has 4 aromatic heterocycles. The molecule has 2 aliphatic heterocycles. The Bertz CT molecular complexity index is 2020. The molecule has 0 radical (unpaired) electrons. The Kier molecular flexibility index (Phi) is 6.48. The van der Waals surface area contributed by atoms with Crippen LogP contribution in [0.2, 0.25) is 0 Å². The van der Waals surface area contributed by atoms with Gasteiger partial charge in [-0.15, -0.1) is 0 Å². The van der Waals surface area contributed by atoms with Crippen LogP contribution in [0.5, 0.6) is 0 Å². The van der Waals surface area contributed by atoms with E-state index >= 15 is 4.39 Å². The highest BCUT2D eigenvalue weighted by Crippen LogP contribution is 2.55. The number of hydrogen-bond donors (Lipinski definition) is 0. The number of benzene rings is 2. The van der Waals surface area contributed by atoms with Crippen molar-refractivity contribution in [1.29, 1.82) is 0 Å². The number of para-hydroxylation sites is 4. The van der Waals surface area contributed by atoms with E-state index < -0.39 is 35.6 Å². The molecule has 2 aliphatic rings. The smallest absolute Gasteiger partial charge is 0.151 e. The van der Waals surface area contributed by atoms with Gasteiger partial charge in [0, 0.05) is 24.4 Å². The van der Waals surface area contributed by atoms with E-state index in [4.69, 9.17) is 0 Å². The van der Waals surface area contributed by atoms with Gasteiger partial charge in [0.05, 0.1) is 88.9 Å². The standard InChI is InChI=1S/C34H22F4N8/c35-21-11-24(17-40-14-21)43-28-5-1-2-6-29(28)44(25-12-22(36)15-41-18-25)33(43)34-45(26-13-23(37)16-42-19-26)30-7-3-4-8-31(30)46(34)32-20-39-10-9-27(32)38/h1-20,33-34H. The van der Waals surface area contributed by atoms with Crippen LogP contribution in [0.25, 0.3) is 0 Å². The summed E-state index contributed by atoms with van der Waals surface area (Å²) in [6.45, 7) is 0. The molecule has 6 aromatic rings. The molecule has 0 amide bonds. The van der Waals surface area contributed by atoms with E-state index in [0.717, 1.165) is 18.6 Å². The third kappa shape index (κ3) is 4.37. The largest absolute Gasteiger partial charge is 0.313 e. The first-order chi connectivity index (χ1) is 22.5. The fraction of sp³-hybridized carbons (Fsp3) is 0.0588. The molecular weight excluding hydrogens is 596 g/mol. The molecule has 0 N–H and O–H groups in total. The second-order valence-corrected chi connectivity index (χ2v) is 10.7. The van der Waals surface area contributed by atoms with Crippen molar-refractivity contribution < 1.29 is 17.6 Å². The second-order valence-electron chi connectivity index (χ2n) is 10.7. The Morgan fingerprint density at radius 2 is 0.804 bits per heavy atom. The topological polar surface area (TPSA) is 64.5 Å². The summed E-state index contributed by atoms with van der Waals surface area (Å²) in [5.41, 5.74) is 3.76. The van der Waals surface area contributed by atoms with E-state index in [9.17, 15) is 13.2 Å². The molecule has 0 saturated carbocycles. The van der Waals surface area contributed by atoms with Crippen molar-refractivity contribution in [3.05, 3.63) is 146 Å². The van der Waals surface area contributed by atoms with Gasteiger partial charge in [-0.25, -0.2) is 17.6 Å². The second kappa shape index (κ2) is 10.8. The number of hydrogen-bond acceptors (Lipinski definition) is 8. The molecule has 8 rings (SSSR count). The lowest BCUT2D eigenvalue weighted by Crippen LogP contribution is -2.58. The zero-order chi connectivity index (χ0) is 31.4. The van der Waals surface area contributed by atoms with Crippen LogP contribution in [-0.4, -0.2) is 32.3 Å². The maximum absolute atomic E-state index is 15.9. The molecule has 2 aromatic carbocycles. The molecule has 0 aliphatic carbocycles. The summed E-state index contributed by atoms with van der Waals surface area (Å²) in [5, 5.41) is 0. The third-order valence-electron chi connectivity index (χ3n) is 8.04. The summed E-state index contributed by atoms with van der Waals surface area (Å²) in [6.07, 6.45) is 8.78. The van der Waals surface area contributed by atoms with Crippen LogP contribution in [0, 0.1) is 23.3 Å². The Labute approximate surface area is 260 Å². The SMILES string of the molecule is Fc1cncc(N2c3ccccc3N(c3cncc(F)c3)C2C2N(c3cncc(F)c3)c3ccccc3N2c2cnccc2F)c1. The minimum atomic E-state index is -0.932. The van der Waals surface area contributed by atoms with Crippen LogP contribution in [-0.2, 0) is 0 Å². The summed E-state index contributed by atoms with van der Waals surface area (Å²) in [6, 6.07) is 20.0. The summed E-state index contributed by atoms with van der Waals surface area (Å²) >= 11 is 0. The lowest BCUT2D eigenvalue weighted by atomic mass is 10.2. The molecule has 46 heavy (non-hydrogen) atoms. The van der Waals surface area contributed by atoms with Gasteiger partial charge >= 0.3 is 0 Å². The van der Waals surface area contributed by atoms with Crippen LogP contribution in [0.4, 0.5) is 63.1 Å². The van der Waals surface area contributed by atoms with Crippen molar-refractivity contribution in [2.45, 2.75) is 12.3 Å². The number of aromatic nitrogens is 4. The average Bonchev–Trinajstić information content (AvgIpc) is 3.58. The molecule has 226 valence electrons. The van der Waals surface area contributed by atoms with Gasteiger partial charge in [-0.3, -0.25) is 19.9 Å². The highest BCUT2D eigenvalue weighted by atomic mass is 19.1. The molecule has 8 nitrogen and oxygen atoms in total. The monoisotopic (exact) mass is 618 g/mol. The molecule has 0 fully saturated rings. The molecule has 0 spiro atoms. The number of halogens is 4. The molecule has 6 heterocycles. The van der Waals surface area contributed by atoms with E-state index in [1.165, 1.54) is 55.2 Å². The summed E-state index contributed by atoms with van der Waals surface area (Å²) in [5.74, 6) is -2.28. The van der Waals surface area contributed by atoms with Crippen molar-refractivity contribution in [3.8, 4) is 0 Å². The summed E-state index contributed by atoms with van der Waals surface area (Å²) < 4.78 is 60.5. The maximum Gasteiger partial charge on any atom is 0.151 e. The Morgan fingerprint density at radius 3 is 1.20 bits per heavy atom. The number of anilines is 8. The fourth-order valence-electron chi connectivity index (χ4n) is 6.37. The van der Waals surface area contributed by atoms with Gasteiger partial charge in [-0.1, -0.05) is 24.3 Å². The van der Waals surface area contributed by atoms with E-state index in [2.05, 4.69) is 19.9 Å². The van der Waals surface area contributed by atoms with Gasteiger partial charge in [0.1, 0.15) is 23.3 Å². The highest BCUT2D eigenvalue weighted by molar-refractivity contribution is 5.93. The third-order valence-corrected chi connectivity index (χ3v) is 8.04. The van der Waals surface area contributed by atoms with Crippen LogP contribution < -0.4 is 19.6 Å². The normalized spacial score (nSPS) is 15.8. The first-order valence-electron chi connectivity index (χ1n) is 14.3. The van der Waals surface area contributed by atoms with Crippen molar-refractivity contribution in [2.75, 3.05) is 19.6 Å². The quantitative estimate of drug-likeness (QED) is 0.182. The first-order valence-corrected chi connectivity index (χ1v) is 14.3. The van der Waals surface area contributed by atoms with Gasteiger partial charge in [0.15, 0.2) is 12.3 Å². The van der Waals surface area contributed by atoms with E-state index in [-0.39, 0.29) is 5.69 Å². The fourth-order valence-corrected chi connectivity index (χ4v) is 6.37. The zero-order valence-electron chi connectivity index (χ0n) is 23.8. The van der Waals surface area contributed by atoms with Crippen molar-refractivity contribution in [2.24, 2.45) is 0 Å². The number of fused-ring (bicyclic) bond motifs is 2. The lowest BCUT2D eigenvalue weighted by Gasteiger charge is -2.44. The minimum Gasteiger partial charge on any atom is -0.313 e. The first kappa shape index (κ1) is 27.5. The van der Waals surface area contributed by atoms with Crippen molar-refractivity contribution in [3.63, 3.8) is 0 Å². The summed E-state index contributed by atoms with van der Waals surface area (Å²) in [4.78, 5) is 23.9. The van der Waals surface area contributed by atoms with Gasteiger partial charge in [0.25, 0.3) is 0 Å².